The first-order valence-electron chi connectivity index (χ1n) is 5.82. The summed E-state index contributed by atoms with van der Waals surface area (Å²) in [6.45, 7) is 1.99. The van der Waals surface area contributed by atoms with E-state index in [0.29, 0.717) is 29.4 Å². The number of methoxy groups -OCH3 is 2. The van der Waals surface area contributed by atoms with E-state index < -0.39 is 10.8 Å². The maximum atomic E-state index is 11.6. The molecule has 1 aromatic rings. The molecular formula is C13H19NO4S. The number of ether oxygens (including phenoxy) is 2. The Bertz CT molecular complexity index is 488. The van der Waals surface area contributed by atoms with E-state index >= 15 is 0 Å². The van der Waals surface area contributed by atoms with E-state index in [2.05, 4.69) is 5.32 Å². The Morgan fingerprint density at radius 1 is 1.26 bits per heavy atom. The summed E-state index contributed by atoms with van der Waals surface area (Å²) in [6.07, 6.45) is 2.21. The molecule has 1 N–H and O–H groups in total. The van der Waals surface area contributed by atoms with Crippen LogP contribution in [0.2, 0.25) is 0 Å². The SMILES string of the molecule is COc1cc(S(C)=O)c(OC)cc1CCNC(C)=O. The molecule has 1 amide bonds. The van der Waals surface area contributed by atoms with Gasteiger partial charge in [-0.15, -0.1) is 0 Å². The standard InChI is InChI=1S/C13H19NO4S/c1-9(15)14-6-5-10-7-12(18-3)13(19(4)16)8-11(10)17-2/h7-8H,5-6H2,1-4H3,(H,14,15). The van der Waals surface area contributed by atoms with E-state index in [-0.39, 0.29) is 5.91 Å². The van der Waals surface area contributed by atoms with Crippen LogP contribution in [0.3, 0.4) is 0 Å². The molecule has 19 heavy (non-hydrogen) atoms. The highest BCUT2D eigenvalue weighted by Gasteiger charge is 2.13. The molecule has 1 rings (SSSR count). The predicted octanol–water partition coefficient (Wildman–Crippen LogP) is 1.12. The van der Waals surface area contributed by atoms with Crippen LogP contribution >= 0.6 is 0 Å². The lowest BCUT2D eigenvalue weighted by atomic mass is 10.1. The zero-order valence-corrected chi connectivity index (χ0v) is 12.4. The molecule has 6 heteroatoms. The Hall–Kier alpha value is -1.56. The van der Waals surface area contributed by atoms with Crippen LogP contribution < -0.4 is 14.8 Å². The fourth-order valence-corrected chi connectivity index (χ4v) is 2.42. The lowest BCUT2D eigenvalue weighted by Gasteiger charge is -2.13. The van der Waals surface area contributed by atoms with Gasteiger partial charge in [0.05, 0.1) is 29.9 Å². The average Bonchev–Trinajstić information content (AvgIpc) is 2.37. The number of rotatable bonds is 6. The fourth-order valence-electron chi connectivity index (χ4n) is 1.73. The molecule has 0 aromatic heterocycles. The van der Waals surface area contributed by atoms with Crippen molar-refractivity contribution in [1.29, 1.82) is 0 Å². The van der Waals surface area contributed by atoms with Crippen LogP contribution in [0.1, 0.15) is 12.5 Å². The number of carbonyl (C=O) groups excluding carboxylic acids is 1. The second-order valence-corrected chi connectivity index (χ2v) is 5.35. The van der Waals surface area contributed by atoms with Crippen molar-refractivity contribution in [3.05, 3.63) is 17.7 Å². The van der Waals surface area contributed by atoms with Crippen molar-refractivity contribution in [3.8, 4) is 11.5 Å². The highest BCUT2D eigenvalue weighted by atomic mass is 32.2. The van der Waals surface area contributed by atoms with Crippen LogP contribution in [0.4, 0.5) is 0 Å². The Kier molecular flexibility index (Phi) is 5.82. The first-order valence-corrected chi connectivity index (χ1v) is 7.38. The molecule has 0 radical (unpaired) electrons. The van der Waals surface area contributed by atoms with E-state index in [1.807, 2.05) is 0 Å². The second kappa shape index (κ2) is 7.13. The Morgan fingerprint density at radius 3 is 2.37 bits per heavy atom. The molecular weight excluding hydrogens is 266 g/mol. The van der Waals surface area contributed by atoms with Crippen molar-refractivity contribution in [1.82, 2.24) is 5.32 Å². The first kappa shape index (κ1) is 15.5. The summed E-state index contributed by atoms with van der Waals surface area (Å²) in [6, 6.07) is 3.52. The molecule has 0 heterocycles. The molecule has 0 fully saturated rings. The molecule has 0 bridgehead atoms. The Balaban J connectivity index is 3.02. The molecule has 0 saturated heterocycles. The molecule has 1 unspecified atom stereocenters. The zero-order valence-electron chi connectivity index (χ0n) is 11.6. The van der Waals surface area contributed by atoms with Gasteiger partial charge in [0.15, 0.2) is 0 Å². The molecule has 0 aliphatic heterocycles. The highest BCUT2D eigenvalue weighted by Crippen LogP contribution is 2.31. The number of benzene rings is 1. The number of carbonyl (C=O) groups is 1. The van der Waals surface area contributed by atoms with E-state index in [1.165, 1.54) is 14.0 Å². The van der Waals surface area contributed by atoms with Gasteiger partial charge in [-0.05, 0) is 18.1 Å². The normalized spacial score (nSPS) is 11.8. The highest BCUT2D eigenvalue weighted by molar-refractivity contribution is 7.84. The van der Waals surface area contributed by atoms with Crippen molar-refractivity contribution in [2.24, 2.45) is 0 Å². The number of nitrogens with one attached hydrogen (secondary N) is 1. The van der Waals surface area contributed by atoms with Crippen molar-refractivity contribution in [2.45, 2.75) is 18.2 Å². The van der Waals surface area contributed by atoms with E-state index in [4.69, 9.17) is 9.47 Å². The van der Waals surface area contributed by atoms with E-state index in [0.717, 1.165) is 5.56 Å². The van der Waals surface area contributed by atoms with Crippen molar-refractivity contribution < 1.29 is 18.5 Å². The van der Waals surface area contributed by atoms with Crippen LogP contribution in [-0.2, 0) is 22.0 Å². The molecule has 106 valence electrons. The summed E-state index contributed by atoms with van der Waals surface area (Å²) < 4.78 is 22.2. The van der Waals surface area contributed by atoms with Crippen LogP contribution in [-0.4, -0.2) is 37.1 Å². The minimum atomic E-state index is -1.15. The van der Waals surface area contributed by atoms with Crippen LogP contribution in [0.15, 0.2) is 17.0 Å². The minimum Gasteiger partial charge on any atom is -0.496 e. The van der Waals surface area contributed by atoms with Gasteiger partial charge in [-0.25, -0.2) is 0 Å². The third kappa shape index (κ3) is 4.24. The third-order valence-electron chi connectivity index (χ3n) is 2.64. The van der Waals surface area contributed by atoms with Gasteiger partial charge in [-0.1, -0.05) is 0 Å². The topological polar surface area (TPSA) is 64.6 Å². The monoisotopic (exact) mass is 285 g/mol. The van der Waals surface area contributed by atoms with Gasteiger partial charge >= 0.3 is 0 Å². The summed E-state index contributed by atoms with van der Waals surface area (Å²) in [7, 11) is 1.95. The number of hydrogen-bond acceptors (Lipinski definition) is 4. The Labute approximate surface area is 115 Å². The average molecular weight is 285 g/mol. The summed E-state index contributed by atoms with van der Waals surface area (Å²) in [5.74, 6) is 1.15. The second-order valence-electron chi connectivity index (χ2n) is 4.00. The summed E-state index contributed by atoms with van der Waals surface area (Å²) in [4.78, 5) is 11.4. The lowest BCUT2D eigenvalue weighted by Crippen LogP contribution is -2.22. The zero-order chi connectivity index (χ0) is 14.4. The number of amides is 1. The smallest absolute Gasteiger partial charge is 0.216 e. The molecule has 0 aliphatic rings. The summed E-state index contributed by atoms with van der Waals surface area (Å²) in [5.41, 5.74) is 0.905. The van der Waals surface area contributed by atoms with Gasteiger partial charge in [-0.2, -0.15) is 0 Å². The molecule has 0 aliphatic carbocycles. The van der Waals surface area contributed by atoms with Crippen molar-refractivity contribution in [2.75, 3.05) is 27.0 Å². The number of hydrogen-bond donors (Lipinski definition) is 1. The molecule has 0 saturated carbocycles. The fraction of sp³-hybridized carbons (Fsp3) is 0.462. The van der Waals surface area contributed by atoms with Crippen molar-refractivity contribution in [3.63, 3.8) is 0 Å². The van der Waals surface area contributed by atoms with Crippen molar-refractivity contribution >= 4 is 16.7 Å². The molecule has 1 aromatic carbocycles. The maximum absolute atomic E-state index is 11.6. The quantitative estimate of drug-likeness (QED) is 0.850. The van der Waals surface area contributed by atoms with Crippen LogP contribution in [0.5, 0.6) is 11.5 Å². The van der Waals surface area contributed by atoms with Gasteiger partial charge in [0.1, 0.15) is 11.5 Å². The van der Waals surface area contributed by atoms with Gasteiger partial charge in [-0.3, -0.25) is 9.00 Å². The van der Waals surface area contributed by atoms with E-state index in [1.54, 1.807) is 25.5 Å². The summed E-state index contributed by atoms with van der Waals surface area (Å²) >= 11 is 0. The lowest BCUT2D eigenvalue weighted by molar-refractivity contribution is -0.118. The molecule has 0 spiro atoms. The predicted molar refractivity (Wildman–Crippen MR) is 74.3 cm³/mol. The third-order valence-corrected chi connectivity index (χ3v) is 3.58. The Morgan fingerprint density at radius 2 is 1.89 bits per heavy atom. The van der Waals surface area contributed by atoms with Gasteiger partial charge in [0, 0.05) is 25.8 Å². The summed E-state index contributed by atoms with van der Waals surface area (Å²) in [5, 5.41) is 2.72. The maximum Gasteiger partial charge on any atom is 0.216 e. The van der Waals surface area contributed by atoms with Gasteiger partial charge in [0.2, 0.25) is 5.91 Å². The largest absolute Gasteiger partial charge is 0.496 e. The first-order chi connectivity index (χ1) is 8.99. The minimum absolute atomic E-state index is 0.0720. The molecule has 1 atom stereocenters. The van der Waals surface area contributed by atoms with Crippen LogP contribution in [0, 0.1) is 0 Å². The van der Waals surface area contributed by atoms with Crippen LogP contribution in [0.25, 0.3) is 0 Å². The molecule has 5 nitrogen and oxygen atoms in total. The van der Waals surface area contributed by atoms with E-state index in [9.17, 15) is 9.00 Å². The van der Waals surface area contributed by atoms with Gasteiger partial charge in [0.25, 0.3) is 0 Å². The van der Waals surface area contributed by atoms with Gasteiger partial charge < -0.3 is 14.8 Å².